The molecule has 1 aliphatic rings. The molecule has 0 saturated heterocycles. The summed E-state index contributed by atoms with van der Waals surface area (Å²) in [6.07, 6.45) is 5.39. The van der Waals surface area contributed by atoms with Crippen molar-refractivity contribution in [3.8, 4) is 0 Å². The Morgan fingerprint density at radius 3 is 2.40 bits per heavy atom. The second-order valence-electron chi connectivity index (χ2n) is 3.76. The molecule has 0 aromatic rings. The van der Waals surface area contributed by atoms with Gasteiger partial charge in [-0.05, 0) is 31.6 Å². The van der Waals surface area contributed by atoms with Crippen molar-refractivity contribution in [2.75, 3.05) is 0 Å². The molecule has 1 saturated carbocycles. The van der Waals surface area contributed by atoms with E-state index in [1.807, 2.05) is 0 Å². The van der Waals surface area contributed by atoms with Crippen molar-refractivity contribution in [1.29, 1.82) is 0 Å². The smallest absolute Gasteiger partial charge is 0.105 e. The van der Waals surface area contributed by atoms with Gasteiger partial charge in [-0.15, -0.1) is 0 Å². The molecule has 1 nitrogen and oxygen atoms in total. The van der Waals surface area contributed by atoms with Crippen LogP contribution in [0.15, 0.2) is 0 Å². The van der Waals surface area contributed by atoms with Crippen molar-refractivity contribution in [3.05, 3.63) is 0 Å². The van der Waals surface area contributed by atoms with Crippen LogP contribution in [0, 0.1) is 5.92 Å². The molecule has 0 unspecified atom stereocenters. The van der Waals surface area contributed by atoms with Crippen LogP contribution in [0.3, 0.4) is 0 Å². The van der Waals surface area contributed by atoms with Crippen molar-refractivity contribution in [3.63, 3.8) is 0 Å². The fourth-order valence-electron chi connectivity index (χ4n) is 1.65. The van der Waals surface area contributed by atoms with Crippen LogP contribution in [0.2, 0.25) is 6.32 Å². The second-order valence-corrected chi connectivity index (χ2v) is 3.76. The van der Waals surface area contributed by atoms with Gasteiger partial charge in [-0.1, -0.05) is 13.2 Å². The van der Waals surface area contributed by atoms with Gasteiger partial charge in [0.2, 0.25) is 0 Å². The fourth-order valence-corrected chi connectivity index (χ4v) is 1.65. The highest BCUT2D eigenvalue weighted by molar-refractivity contribution is 6.09. The summed E-state index contributed by atoms with van der Waals surface area (Å²) in [4.78, 5) is 0. The Balaban J connectivity index is 2.38. The van der Waals surface area contributed by atoms with E-state index in [1.54, 1.807) is 0 Å². The van der Waals surface area contributed by atoms with E-state index in [0.717, 1.165) is 25.1 Å². The minimum absolute atomic E-state index is 0.299. The van der Waals surface area contributed by atoms with Crippen LogP contribution in [0.5, 0.6) is 0 Å². The lowest BCUT2D eigenvalue weighted by Gasteiger charge is -2.34. The Hall–Kier alpha value is 0.0249. The summed E-state index contributed by atoms with van der Waals surface area (Å²) >= 11 is 0. The van der Waals surface area contributed by atoms with Crippen LogP contribution in [0.25, 0.3) is 0 Å². The minimum atomic E-state index is -0.299. The Labute approximate surface area is 64.2 Å². The quantitative estimate of drug-likeness (QED) is 0.538. The molecule has 0 radical (unpaired) electrons. The highest BCUT2D eigenvalue weighted by atomic mass is 16.3. The standard InChI is InChI=1S/C8H17BO/c1-7-2-4-8(10,6-9)5-3-7/h7,10H,2-6,9H2,1H3. The van der Waals surface area contributed by atoms with Gasteiger partial charge >= 0.3 is 0 Å². The van der Waals surface area contributed by atoms with Gasteiger partial charge in [0.15, 0.2) is 0 Å². The molecule has 0 aromatic heterocycles. The Morgan fingerprint density at radius 1 is 1.50 bits per heavy atom. The first kappa shape index (κ1) is 8.12. The molecule has 0 atom stereocenters. The van der Waals surface area contributed by atoms with Crippen LogP contribution in [-0.4, -0.2) is 18.6 Å². The Kier molecular flexibility index (Phi) is 2.40. The van der Waals surface area contributed by atoms with Gasteiger partial charge in [-0.3, -0.25) is 0 Å². The predicted octanol–water partition coefficient (Wildman–Crippen LogP) is 0.979. The zero-order valence-corrected chi connectivity index (χ0v) is 7.06. The molecule has 10 heavy (non-hydrogen) atoms. The monoisotopic (exact) mass is 140 g/mol. The van der Waals surface area contributed by atoms with Crippen molar-refractivity contribution in [2.45, 2.75) is 44.5 Å². The molecule has 1 fully saturated rings. The summed E-state index contributed by atoms with van der Waals surface area (Å²) in [5.74, 6) is 0.840. The Bertz CT molecular complexity index is 106. The lowest BCUT2D eigenvalue weighted by molar-refractivity contribution is 0.0111. The summed E-state index contributed by atoms with van der Waals surface area (Å²) in [5.41, 5.74) is -0.299. The zero-order valence-electron chi connectivity index (χ0n) is 7.06. The predicted molar refractivity (Wildman–Crippen MR) is 45.9 cm³/mol. The molecule has 0 spiro atoms. The van der Waals surface area contributed by atoms with Gasteiger partial charge in [-0.2, -0.15) is 0 Å². The largest absolute Gasteiger partial charge is 0.391 e. The van der Waals surface area contributed by atoms with Gasteiger partial charge in [-0.25, -0.2) is 0 Å². The molecule has 58 valence electrons. The maximum absolute atomic E-state index is 9.80. The van der Waals surface area contributed by atoms with E-state index >= 15 is 0 Å². The van der Waals surface area contributed by atoms with Gasteiger partial charge in [0.25, 0.3) is 0 Å². The van der Waals surface area contributed by atoms with Gasteiger partial charge in [0, 0.05) is 0 Å². The van der Waals surface area contributed by atoms with Crippen LogP contribution >= 0.6 is 0 Å². The highest BCUT2D eigenvalue weighted by Crippen LogP contribution is 2.33. The summed E-state index contributed by atoms with van der Waals surface area (Å²) in [5, 5.41) is 9.80. The van der Waals surface area contributed by atoms with E-state index in [9.17, 15) is 5.11 Å². The molecular weight excluding hydrogens is 123 g/mol. The van der Waals surface area contributed by atoms with E-state index in [1.165, 1.54) is 12.8 Å². The summed E-state index contributed by atoms with van der Waals surface area (Å²) < 4.78 is 0. The zero-order chi connectivity index (χ0) is 7.61. The molecule has 1 aliphatic carbocycles. The summed E-state index contributed by atoms with van der Waals surface area (Å²) in [6.45, 7) is 2.27. The van der Waals surface area contributed by atoms with E-state index in [0.29, 0.717) is 0 Å². The third kappa shape index (κ3) is 1.75. The fraction of sp³-hybridized carbons (Fsp3) is 1.00. The molecule has 1 rings (SSSR count). The summed E-state index contributed by atoms with van der Waals surface area (Å²) in [6, 6.07) is 0. The maximum Gasteiger partial charge on any atom is 0.105 e. The normalized spacial score (nSPS) is 41.6. The lowest BCUT2D eigenvalue weighted by Crippen LogP contribution is -2.32. The van der Waals surface area contributed by atoms with Gasteiger partial charge in [0.05, 0.1) is 5.60 Å². The average molecular weight is 140 g/mol. The highest BCUT2D eigenvalue weighted by Gasteiger charge is 2.29. The first-order valence-electron chi connectivity index (χ1n) is 4.39. The van der Waals surface area contributed by atoms with Gasteiger partial charge in [0.1, 0.15) is 7.85 Å². The maximum atomic E-state index is 9.80. The number of rotatable bonds is 1. The molecule has 1 N–H and O–H groups in total. The van der Waals surface area contributed by atoms with Crippen LogP contribution in [0.4, 0.5) is 0 Å². The van der Waals surface area contributed by atoms with Crippen LogP contribution in [-0.2, 0) is 0 Å². The van der Waals surface area contributed by atoms with Crippen molar-refractivity contribution < 1.29 is 5.11 Å². The molecule has 0 heterocycles. The lowest BCUT2D eigenvalue weighted by atomic mass is 9.73. The van der Waals surface area contributed by atoms with E-state index in [2.05, 4.69) is 14.8 Å². The number of aliphatic hydroxyl groups is 1. The van der Waals surface area contributed by atoms with E-state index in [-0.39, 0.29) is 5.60 Å². The van der Waals surface area contributed by atoms with E-state index < -0.39 is 0 Å². The topological polar surface area (TPSA) is 20.2 Å². The SMILES string of the molecule is BCC1(O)CCC(C)CC1. The molecule has 0 amide bonds. The van der Waals surface area contributed by atoms with Crippen molar-refractivity contribution in [2.24, 2.45) is 5.92 Å². The molecule has 2 heteroatoms. The first-order valence-corrected chi connectivity index (χ1v) is 4.39. The molecule has 0 aliphatic heterocycles. The molecule has 0 aromatic carbocycles. The summed E-state index contributed by atoms with van der Waals surface area (Å²) in [7, 11) is 2.08. The minimum Gasteiger partial charge on any atom is -0.391 e. The third-order valence-corrected chi connectivity index (χ3v) is 2.86. The number of hydrogen-bond donors (Lipinski definition) is 1. The average Bonchev–Trinajstić information content (AvgIpc) is 1.96. The third-order valence-electron chi connectivity index (χ3n) is 2.86. The van der Waals surface area contributed by atoms with Crippen molar-refractivity contribution in [1.82, 2.24) is 0 Å². The molecular formula is C8H17BO. The van der Waals surface area contributed by atoms with Gasteiger partial charge < -0.3 is 5.11 Å². The molecule has 0 bridgehead atoms. The first-order chi connectivity index (χ1) is 4.66. The van der Waals surface area contributed by atoms with Crippen LogP contribution < -0.4 is 0 Å². The van der Waals surface area contributed by atoms with Crippen molar-refractivity contribution >= 4 is 7.85 Å². The number of hydrogen-bond acceptors (Lipinski definition) is 1. The van der Waals surface area contributed by atoms with E-state index in [4.69, 9.17) is 0 Å². The second kappa shape index (κ2) is 2.95. The Morgan fingerprint density at radius 2 is 2.00 bits per heavy atom. The van der Waals surface area contributed by atoms with Crippen LogP contribution in [0.1, 0.15) is 32.6 Å².